The molecular weight excluding hydrogens is 306 g/mol. The maximum Gasteiger partial charge on any atom is 0.262 e. The second-order valence-electron chi connectivity index (χ2n) is 0.491. The van der Waals surface area contributed by atoms with Crippen LogP contribution in [0.3, 0.4) is 0 Å². The van der Waals surface area contributed by atoms with Gasteiger partial charge in [-0.1, -0.05) is 0 Å². The van der Waals surface area contributed by atoms with E-state index in [0.717, 1.165) is 0 Å². The van der Waals surface area contributed by atoms with Gasteiger partial charge in [-0.2, -0.15) is 0 Å². The average Bonchev–Trinajstić information content (AvgIpc) is 0.722. The third kappa shape index (κ3) is 240. The molecule has 0 aliphatic rings. The molecule has 0 aromatic rings. The Kier molecular flexibility index (Phi) is 11.1. The van der Waals surface area contributed by atoms with Crippen LogP contribution in [0.1, 0.15) is 0 Å². The van der Waals surface area contributed by atoms with Crippen molar-refractivity contribution in [1.82, 2.24) is 6.15 Å². The molecule has 5 nitrogen and oxygen atoms in total. The van der Waals surface area contributed by atoms with Gasteiger partial charge in [0.1, 0.15) is 0 Å². The van der Waals surface area contributed by atoms with Gasteiger partial charge in [-0.25, -0.2) is 0 Å². The summed E-state index contributed by atoms with van der Waals surface area (Å²) in [5.74, 6) is 0. The van der Waals surface area contributed by atoms with Crippen molar-refractivity contribution < 1.29 is 41.6 Å². The van der Waals surface area contributed by atoms with Crippen LogP contribution in [0.25, 0.3) is 0 Å². The molecule has 0 amide bonds. The van der Waals surface area contributed by atoms with Crippen LogP contribution < -0.4 is 11.0 Å². The molecule has 0 saturated carbocycles. The van der Waals surface area contributed by atoms with E-state index in [1.807, 2.05) is 0 Å². The quantitative estimate of drug-likeness (QED) is 0.385. The molecule has 0 spiro atoms. The zero-order valence-corrected chi connectivity index (χ0v) is 6.52. The fourth-order valence-electron chi connectivity index (χ4n) is 0. The zero-order chi connectivity index (χ0) is 4.50. The molecule has 0 unspecified atom stereocenters. The Hall–Kier alpha value is 0.810. The van der Waals surface area contributed by atoms with E-state index in [2.05, 4.69) is 0 Å². The molecule has 51 valence electrons. The van der Waals surface area contributed by atoms with Gasteiger partial charge in [0.2, 0.25) is 0 Å². The summed E-state index contributed by atoms with van der Waals surface area (Å²) < 4.78 is 8.77. The van der Waals surface area contributed by atoms with Crippen molar-refractivity contribution in [2.24, 2.45) is 0 Å². The molecule has 6 N–H and O–H groups in total. The Labute approximate surface area is 56.1 Å². The normalized spacial score (nSPS) is 8.43. The summed E-state index contributed by atoms with van der Waals surface area (Å²) in [6.07, 6.45) is 0. The van der Waals surface area contributed by atoms with Crippen molar-refractivity contribution in [3.63, 3.8) is 0 Å². The smallest absolute Gasteiger partial charge is 0.262 e. The second kappa shape index (κ2) is 4.96. The standard InChI is InChI=1S/Au.H3N.H3O4P/c;;1-5(2,3)4/h;1H3;(H3,1,2,3,4). The van der Waals surface area contributed by atoms with E-state index >= 15 is 0 Å². The fourth-order valence-corrected chi connectivity index (χ4v) is 0. The van der Waals surface area contributed by atoms with Crippen LogP contribution in [0, 0.1) is 0 Å². The Morgan fingerprint density at radius 2 is 1.43 bits per heavy atom. The van der Waals surface area contributed by atoms with Crippen LogP contribution >= 0.6 is 7.82 Å². The third-order valence-corrected chi connectivity index (χ3v) is 0. The van der Waals surface area contributed by atoms with Gasteiger partial charge in [-0.05, 0) is 0 Å². The van der Waals surface area contributed by atoms with Crippen LogP contribution in [-0.2, 0) is 26.9 Å². The minimum Gasteiger partial charge on any atom is -0.756 e. The van der Waals surface area contributed by atoms with Gasteiger partial charge >= 0.3 is 0 Å². The molecule has 0 saturated heterocycles. The number of phosphoric acid groups is 1. The number of hydrogen-bond donors (Lipinski definition) is 3. The van der Waals surface area contributed by atoms with Crippen LogP contribution in [0.2, 0.25) is 0 Å². The van der Waals surface area contributed by atoms with E-state index in [4.69, 9.17) is 19.2 Å². The SMILES string of the molecule is O=P([O-])(O)O.[Au].[NH4+]. The van der Waals surface area contributed by atoms with Gasteiger partial charge in [0.05, 0.1) is 0 Å². The van der Waals surface area contributed by atoms with E-state index in [-0.39, 0.29) is 28.5 Å². The Balaban J connectivity index is -0.0000000800. The van der Waals surface area contributed by atoms with Gasteiger partial charge in [-0.3, -0.25) is 4.57 Å². The molecule has 0 rings (SSSR count). The molecule has 0 aliphatic carbocycles. The number of quaternary nitrogens is 1. The predicted octanol–water partition coefficient (Wildman–Crippen LogP) is -1.19. The number of rotatable bonds is 0. The summed E-state index contributed by atoms with van der Waals surface area (Å²) in [5, 5.41) is 0. The molecule has 0 bridgehead atoms. The summed E-state index contributed by atoms with van der Waals surface area (Å²) in [4.78, 5) is 22.9. The Bertz CT molecular complexity index is 57.8. The molecular formula is H6AuNO4P. The van der Waals surface area contributed by atoms with Crippen LogP contribution in [-0.4, -0.2) is 9.79 Å². The summed E-state index contributed by atoms with van der Waals surface area (Å²) >= 11 is 0. The van der Waals surface area contributed by atoms with E-state index in [0.29, 0.717) is 0 Å². The van der Waals surface area contributed by atoms with Crippen molar-refractivity contribution in [2.45, 2.75) is 0 Å². The minimum absolute atomic E-state index is 0. The fraction of sp³-hybridized carbons (Fsp3) is 0. The van der Waals surface area contributed by atoms with E-state index in [1.54, 1.807) is 0 Å². The summed E-state index contributed by atoms with van der Waals surface area (Å²) in [5.41, 5.74) is 0. The van der Waals surface area contributed by atoms with Crippen LogP contribution in [0.5, 0.6) is 0 Å². The minimum atomic E-state index is -4.89. The molecule has 0 aliphatic heterocycles. The first-order valence-corrected chi connectivity index (χ1v) is 2.30. The predicted molar refractivity (Wildman–Crippen MR) is 18.0 cm³/mol. The van der Waals surface area contributed by atoms with Crippen molar-refractivity contribution in [3.05, 3.63) is 0 Å². The van der Waals surface area contributed by atoms with Crippen molar-refractivity contribution >= 4 is 7.82 Å². The molecule has 1 radical (unpaired) electrons. The van der Waals surface area contributed by atoms with Crippen molar-refractivity contribution in [1.29, 1.82) is 0 Å². The summed E-state index contributed by atoms with van der Waals surface area (Å²) in [6.45, 7) is 0. The third-order valence-electron chi connectivity index (χ3n) is 0. The monoisotopic (exact) mass is 312 g/mol. The zero-order valence-electron chi connectivity index (χ0n) is 3.46. The molecule has 0 heterocycles. The molecule has 7 heavy (non-hydrogen) atoms. The van der Waals surface area contributed by atoms with Gasteiger partial charge in [-0.15, -0.1) is 0 Å². The van der Waals surface area contributed by atoms with Crippen LogP contribution in [0.15, 0.2) is 0 Å². The average molecular weight is 312 g/mol. The van der Waals surface area contributed by atoms with Crippen LogP contribution in [0.4, 0.5) is 0 Å². The van der Waals surface area contributed by atoms with E-state index in [1.165, 1.54) is 0 Å². The molecule has 0 aromatic carbocycles. The van der Waals surface area contributed by atoms with Gasteiger partial charge < -0.3 is 20.8 Å². The maximum atomic E-state index is 8.77. The topological polar surface area (TPSA) is 117 Å². The Morgan fingerprint density at radius 1 is 1.43 bits per heavy atom. The molecule has 0 fully saturated rings. The van der Waals surface area contributed by atoms with E-state index in [9.17, 15) is 0 Å². The first kappa shape index (κ1) is 15.7. The van der Waals surface area contributed by atoms with Gasteiger partial charge in [0, 0.05) is 22.4 Å². The van der Waals surface area contributed by atoms with Crippen molar-refractivity contribution in [2.75, 3.05) is 0 Å². The van der Waals surface area contributed by atoms with Crippen molar-refractivity contribution in [3.8, 4) is 0 Å². The summed E-state index contributed by atoms with van der Waals surface area (Å²) in [7, 11) is -4.89. The van der Waals surface area contributed by atoms with Gasteiger partial charge in [0.25, 0.3) is 7.82 Å². The van der Waals surface area contributed by atoms with Gasteiger partial charge in [0.15, 0.2) is 0 Å². The Morgan fingerprint density at radius 3 is 1.43 bits per heavy atom. The largest absolute Gasteiger partial charge is 0.756 e. The second-order valence-corrected chi connectivity index (χ2v) is 1.47. The molecule has 7 heteroatoms. The molecule has 0 aromatic heterocycles. The molecule has 0 atom stereocenters. The first-order valence-electron chi connectivity index (χ1n) is 0.765. The summed E-state index contributed by atoms with van der Waals surface area (Å²) in [6, 6.07) is 0. The maximum absolute atomic E-state index is 8.77. The number of hydrogen-bond acceptors (Lipinski definition) is 2. The first-order chi connectivity index (χ1) is 2.00. The van der Waals surface area contributed by atoms with E-state index < -0.39 is 7.82 Å².